The molecular weight excluding hydrogens is 174 g/mol. The van der Waals surface area contributed by atoms with E-state index in [2.05, 4.69) is 18.6 Å². The topological polar surface area (TPSA) is 49.3 Å². The molecule has 0 bridgehead atoms. The molecule has 2 atom stereocenters. The Morgan fingerprint density at radius 2 is 2.17 bits per heavy atom. The number of hydrogen-bond donors (Lipinski definition) is 2. The second-order valence-corrected chi connectivity index (χ2v) is 3.80. The van der Waals surface area contributed by atoms with Gasteiger partial charge in [-0.1, -0.05) is 33.1 Å². The van der Waals surface area contributed by atoms with Crippen LogP contribution >= 0.6 is 0 Å². The molecule has 0 aromatic carbocycles. The van der Waals surface area contributed by atoms with E-state index < -0.39 is 11.3 Å². The molecule has 0 aliphatic heterocycles. The number of hydrogen-bond acceptors (Lipinski definition) is 1. The monoisotopic (exact) mass is 193 g/mol. The quantitative estimate of drug-likeness (QED) is 0.607. The van der Waals surface area contributed by atoms with E-state index in [1.54, 1.807) is 0 Å². The normalized spacial score (nSPS) is 15.9. The van der Waals surface area contributed by atoms with Crippen molar-refractivity contribution in [3.63, 3.8) is 0 Å². The maximum atomic E-state index is 10.3. The standard InChI is InChI=1S/C8H19NO2S/c1-3-5-6-8(4-2)7-9-12(10)11/h8-9H,3-7H2,1-2H3,(H,10,11). The molecule has 0 aromatic heterocycles. The van der Waals surface area contributed by atoms with Gasteiger partial charge < -0.3 is 0 Å². The third-order valence-corrected chi connectivity index (χ3v) is 2.45. The minimum atomic E-state index is -1.84. The highest BCUT2D eigenvalue weighted by atomic mass is 32.2. The Kier molecular flexibility index (Phi) is 7.75. The van der Waals surface area contributed by atoms with Crippen molar-refractivity contribution < 1.29 is 8.76 Å². The molecule has 0 radical (unpaired) electrons. The van der Waals surface area contributed by atoms with Crippen LogP contribution in [-0.2, 0) is 11.3 Å². The van der Waals surface area contributed by atoms with Crippen LogP contribution in [0.1, 0.15) is 39.5 Å². The van der Waals surface area contributed by atoms with Crippen molar-refractivity contribution in [1.29, 1.82) is 0 Å². The van der Waals surface area contributed by atoms with Crippen LogP contribution in [0.5, 0.6) is 0 Å². The lowest BCUT2D eigenvalue weighted by Crippen LogP contribution is -2.24. The van der Waals surface area contributed by atoms with Gasteiger partial charge in [0.1, 0.15) is 0 Å². The fraction of sp³-hybridized carbons (Fsp3) is 1.00. The van der Waals surface area contributed by atoms with Gasteiger partial charge in [0.15, 0.2) is 0 Å². The Bertz CT molecular complexity index is 130. The maximum Gasteiger partial charge on any atom is 0.231 e. The molecule has 0 saturated carbocycles. The van der Waals surface area contributed by atoms with E-state index in [9.17, 15) is 4.21 Å². The van der Waals surface area contributed by atoms with Crippen molar-refractivity contribution in [3.05, 3.63) is 0 Å². The SMILES string of the molecule is CCCCC(CC)CNS(=O)O. The van der Waals surface area contributed by atoms with Crippen LogP contribution in [0.4, 0.5) is 0 Å². The summed E-state index contributed by atoms with van der Waals surface area (Å²) in [7, 11) is 0. The van der Waals surface area contributed by atoms with Gasteiger partial charge in [-0.25, -0.2) is 8.93 Å². The van der Waals surface area contributed by atoms with E-state index in [0.29, 0.717) is 12.5 Å². The molecule has 0 saturated heterocycles. The predicted octanol–water partition coefficient (Wildman–Crippen LogP) is 1.93. The van der Waals surface area contributed by atoms with Crippen molar-refractivity contribution >= 4 is 11.3 Å². The van der Waals surface area contributed by atoms with Crippen molar-refractivity contribution in [2.45, 2.75) is 39.5 Å². The van der Waals surface area contributed by atoms with E-state index in [4.69, 9.17) is 4.55 Å². The fourth-order valence-electron chi connectivity index (χ4n) is 1.13. The van der Waals surface area contributed by atoms with Crippen LogP contribution in [0.3, 0.4) is 0 Å². The van der Waals surface area contributed by atoms with Gasteiger partial charge >= 0.3 is 0 Å². The van der Waals surface area contributed by atoms with E-state index in [0.717, 1.165) is 12.8 Å². The van der Waals surface area contributed by atoms with Gasteiger partial charge in [-0.3, -0.25) is 4.55 Å². The Morgan fingerprint density at radius 3 is 2.58 bits per heavy atom. The highest BCUT2D eigenvalue weighted by Gasteiger charge is 2.05. The third-order valence-electron chi connectivity index (χ3n) is 2.04. The molecule has 0 aliphatic rings. The smallest absolute Gasteiger partial charge is 0.231 e. The van der Waals surface area contributed by atoms with Gasteiger partial charge in [0, 0.05) is 6.54 Å². The van der Waals surface area contributed by atoms with Crippen molar-refractivity contribution in [3.8, 4) is 0 Å². The van der Waals surface area contributed by atoms with Crippen LogP contribution in [0.15, 0.2) is 0 Å². The number of rotatable bonds is 7. The van der Waals surface area contributed by atoms with Crippen molar-refractivity contribution in [2.24, 2.45) is 5.92 Å². The average Bonchev–Trinajstić information content (AvgIpc) is 2.05. The summed E-state index contributed by atoms with van der Waals surface area (Å²) in [4.78, 5) is 0. The second kappa shape index (κ2) is 7.71. The molecule has 0 spiro atoms. The van der Waals surface area contributed by atoms with E-state index in [1.807, 2.05) is 0 Å². The van der Waals surface area contributed by atoms with Crippen molar-refractivity contribution in [1.82, 2.24) is 4.72 Å². The molecule has 2 unspecified atom stereocenters. The predicted molar refractivity (Wildman–Crippen MR) is 52.1 cm³/mol. The molecule has 0 heterocycles. The Hall–Kier alpha value is 0.0700. The molecule has 0 amide bonds. The van der Waals surface area contributed by atoms with Crippen LogP contribution in [0.25, 0.3) is 0 Å². The summed E-state index contributed by atoms with van der Waals surface area (Å²) >= 11 is -1.84. The average molecular weight is 193 g/mol. The molecular formula is C8H19NO2S. The van der Waals surface area contributed by atoms with Gasteiger partial charge in [-0.05, 0) is 12.3 Å². The first-order valence-corrected chi connectivity index (χ1v) is 5.65. The van der Waals surface area contributed by atoms with E-state index in [-0.39, 0.29) is 0 Å². The molecule has 12 heavy (non-hydrogen) atoms. The Balaban J connectivity index is 3.45. The molecule has 74 valence electrons. The number of nitrogens with one attached hydrogen (secondary N) is 1. The summed E-state index contributed by atoms with van der Waals surface area (Å²) < 4.78 is 21.3. The molecule has 0 fully saturated rings. The lowest BCUT2D eigenvalue weighted by molar-refractivity contribution is 0.440. The minimum Gasteiger partial charge on any atom is -0.294 e. The molecule has 0 aliphatic carbocycles. The first-order chi connectivity index (χ1) is 5.70. The largest absolute Gasteiger partial charge is 0.294 e. The highest BCUT2D eigenvalue weighted by molar-refractivity contribution is 7.77. The van der Waals surface area contributed by atoms with Crippen molar-refractivity contribution in [2.75, 3.05) is 6.54 Å². The molecule has 2 N–H and O–H groups in total. The third kappa shape index (κ3) is 6.76. The van der Waals surface area contributed by atoms with Crippen LogP contribution in [0.2, 0.25) is 0 Å². The zero-order valence-electron chi connectivity index (χ0n) is 7.88. The zero-order valence-corrected chi connectivity index (χ0v) is 8.69. The van der Waals surface area contributed by atoms with Gasteiger partial charge in [-0.2, -0.15) is 0 Å². The first kappa shape index (κ1) is 12.1. The molecule has 0 rings (SSSR count). The van der Waals surface area contributed by atoms with Crippen LogP contribution in [-0.4, -0.2) is 15.3 Å². The maximum absolute atomic E-state index is 10.3. The Labute approximate surface area is 77.4 Å². The lowest BCUT2D eigenvalue weighted by Gasteiger charge is -2.12. The van der Waals surface area contributed by atoms with Crippen LogP contribution in [0, 0.1) is 5.92 Å². The first-order valence-electron chi connectivity index (χ1n) is 4.55. The molecule has 3 nitrogen and oxygen atoms in total. The summed E-state index contributed by atoms with van der Waals surface area (Å²) in [6, 6.07) is 0. The Morgan fingerprint density at radius 1 is 1.50 bits per heavy atom. The summed E-state index contributed by atoms with van der Waals surface area (Å²) in [5, 5.41) is 0. The minimum absolute atomic E-state index is 0.543. The van der Waals surface area contributed by atoms with Crippen LogP contribution < -0.4 is 4.72 Å². The van der Waals surface area contributed by atoms with Gasteiger partial charge in [0.25, 0.3) is 0 Å². The summed E-state index contributed by atoms with van der Waals surface area (Å²) in [6.07, 6.45) is 4.62. The second-order valence-electron chi connectivity index (χ2n) is 3.01. The highest BCUT2D eigenvalue weighted by Crippen LogP contribution is 2.10. The van der Waals surface area contributed by atoms with E-state index in [1.165, 1.54) is 12.8 Å². The summed E-state index contributed by atoms with van der Waals surface area (Å²) in [5.41, 5.74) is 0. The zero-order chi connectivity index (χ0) is 9.40. The molecule has 4 heteroatoms. The fourth-order valence-corrected chi connectivity index (χ4v) is 1.51. The van der Waals surface area contributed by atoms with Gasteiger partial charge in [-0.15, -0.1) is 0 Å². The summed E-state index contributed by atoms with van der Waals surface area (Å²) in [5.74, 6) is 0.543. The molecule has 0 aromatic rings. The summed E-state index contributed by atoms with van der Waals surface area (Å²) in [6.45, 7) is 4.92. The number of unbranched alkanes of at least 4 members (excludes halogenated alkanes) is 1. The van der Waals surface area contributed by atoms with E-state index >= 15 is 0 Å². The van der Waals surface area contributed by atoms with Gasteiger partial charge in [0.05, 0.1) is 0 Å². The lowest BCUT2D eigenvalue weighted by atomic mass is 10.00. The van der Waals surface area contributed by atoms with Gasteiger partial charge in [0.2, 0.25) is 11.3 Å².